The number of nitriles is 1. The summed E-state index contributed by atoms with van der Waals surface area (Å²) in [7, 11) is 0. The molecular weight excluding hydrogens is 250 g/mol. The molecule has 0 unspecified atom stereocenters. The number of rotatable bonds is 2. The molecule has 0 aromatic heterocycles. The molecule has 18 heavy (non-hydrogen) atoms. The summed E-state index contributed by atoms with van der Waals surface area (Å²) >= 11 is 6.06. The third-order valence-corrected chi connectivity index (χ3v) is 2.83. The summed E-state index contributed by atoms with van der Waals surface area (Å²) in [6, 6.07) is 13.6. The number of nitrogens with zero attached hydrogens (tertiary/aromatic N) is 1. The second kappa shape index (κ2) is 4.91. The first-order valence-corrected chi connectivity index (χ1v) is 5.53. The minimum Gasteiger partial charge on any atom is -0.478 e. The van der Waals surface area contributed by atoms with Crippen molar-refractivity contribution in [1.82, 2.24) is 0 Å². The van der Waals surface area contributed by atoms with Crippen molar-refractivity contribution in [2.45, 2.75) is 0 Å². The number of carbonyl (C=O) groups is 1. The number of hydrogen-bond donors (Lipinski definition) is 1. The van der Waals surface area contributed by atoms with Crippen LogP contribution in [0.3, 0.4) is 0 Å². The number of benzene rings is 2. The normalized spacial score (nSPS) is 9.78. The highest BCUT2D eigenvalue weighted by molar-refractivity contribution is 6.33. The van der Waals surface area contributed by atoms with Crippen LogP contribution < -0.4 is 0 Å². The van der Waals surface area contributed by atoms with Crippen LogP contribution in [-0.4, -0.2) is 11.1 Å². The second-order valence-corrected chi connectivity index (χ2v) is 4.10. The fraction of sp³-hybridized carbons (Fsp3) is 0. The second-order valence-electron chi connectivity index (χ2n) is 3.69. The lowest BCUT2D eigenvalue weighted by molar-refractivity contribution is 0.0697. The molecule has 0 aliphatic rings. The van der Waals surface area contributed by atoms with Gasteiger partial charge in [0.05, 0.1) is 17.2 Å². The van der Waals surface area contributed by atoms with Crippen LogP contribution in [0.5, 0.6) is 0 Å². The van der Waals surface area contributed by atoms with Crippen molar-refractivity contribution in [2.24, 2.45) is 0 Å². The average Bonchev–Trinajstić information content (AvgIpc) is 2.38. The van der Waals surface area contributed by atoms with Crippen molar-refractivity contribution >= 4 is 17.6 Å². The van der Waals surface area contributed by atoms with Gasteiger partial charge < -0.3 is 5.11 Å². The Morgan fingerprint density at radius 3 is 2.61 bits per heavy atom. The van der Waals surface area contributed by atoms with Crippen LogP contribution in [0.2, 0.25) is 5.02 Å². The van der Waals surface area contributed by atoms with Gasteiger partial charge in [-0.2, -0.15) is 5.26 Å². The summed E-state index contributed by atoms with van der Waals surface area (Å²) in [5.74, 6) is -1.02. The first-order chi connectivity index (χ1) is 8.61. The molecule has 0 aliphatic heterocycles. The molecular formula is C14H8ClNO2. The Hall–Kier alpha value is -2.31. The van der Waals surface area contributed by atoms with E-state index in [1.807, 2.05) is 12.1 Å². The molecule has 4 heteroatoms. The summed E-state index contributed by atoms with van der Waals surface area (Å²) < 4.78 is 0. The van der Waals surface area contributed by atoms with Gasteiger partial charge in [-0.25, -0.2) is 4.79 Å². The molecule has 0 atom stereocenters. The summed E-state index contributed by atoms with van der Waals surface area (Å²) in [6.45, 7) is 0. The van der Waals surface area contributed by atoms with Crippen LogP contribution in [-0.2, 0) is 0 Å². The van der Waals surface area contributed by atoms with Gasteiger partial charge in [0.1, 0.15) is 0 Å². The van der Waals surface area contributed by atoms with E-state index in [2.05, 4.69) is 0 Å². The van der Waals surface area contributed by atoms with Crippen LogP contribution in [0.1, 0.15) is 15.9 Å². The van der Waals surface area contributed by atoms with E-state index in [1.165, 1.54) is 12.1 Å². The molecule has 88 valence electrons. The molecule has 2 aromatic rings. The lowest BCUT2D eigenvalue weighted by Gasteiger charge is -2.05. The minimum absolute atomic E-state index is 0.139. The summed E-state index contributed by atoms with van der Waals surface area (Å²) in [5, 5.41) is 18.0. The predicted molar refractivity (Wildman–Crippen MR) is 68.6 cm³/mol. The largest absolute Gasteiger partial charge is 0.478 e. The zero-order valence-electron chi connectivity index (χ0n) is 9.22. The fourth-order valence-electron chi connectivity index (χ4n) is 1.64. The molecule has 0 fully saturated rings. The van der Waals surface area contributed by atoms with Gasteiger partial charge in [0, 0.05) is 10.6 Å². The molecule has 0 saturated heterocycles. The van der Waals surface area contributed by atoms with E-state index in [9.17, 15) is 4.79 Å². The quantitative estimate of drug-likeness (QED) is 0.894. The monoisotopic (exact) mass is 257 g/mol. The first kappa shape index (κ1) is 12.2. The molecule has 0 aliphatic carbocycles. The molecule has 2 rings (SSSR count). The highest BCUT2D eigenvalue weighted by Crippen LogP contribution is 2.29. The van der Waals surface area contributed by atoms with Gasteiger partial charge in [-0.15, -0.1) is 0 Å². The third kappa shape index (κ3) is 2.34. The highest BCUT2D eigenvalue weighted by atomic mass is 35.5. The standard InChI is InChI=1S/C14H8ClNO2/c15-13-7-11(14(17)18)4-5-12(13)10-3-1-2-9(6-10)8-16/h1-7H,(H,17,18). The highest BCUT2D eigenvalue weighted by Gasteiger charge is 2.08. The number of halogens is 1. The Morgan fingerprint density at radius 2 is 2.00 bits per heavy atom. The van der Waals surface area contributed by atoms with E-state index < -0.39 is 5.97 Å². The van der Waals surface area contributed by atoms with Gasteiger partial charge in [-0.05, 0) is 29.8 Å². The van der Waals surface area contributed by atoms with E-state index in [4.69, 9.17) is 22.0 Å². The van der Waals surface area contributed by atoms with Crippen molar-refractivity contribution in [3.8, 4) is 17.2 Å². The van der Waals surface area contributed by atoms with Gasteiger partial charge in [-0.3, -0.25) is 0 Å². The summed E-state index contributed by atoms with van der Waals surface area (Å²) in [5.41, 5.74) is 2.17. The molecule has 0 bridgehead atoms. The Morgan fingerprint density at radius 1 is 1.22 bits per heavy atom. The Bertz CT molecular complexity index is 659. The van der Waals surface area contributed by atoms with E-state index >= 15 is 0 Å². The molecule has 0 heterocycles. The van der Waals surface area contributed by atoms with Crippen LogP contribution in [0.25, 0.3) is 11.1 Å². The van der Waals surface area contributed by atoms with E-state index in [0.717, 1.165) is 5.56 Å². The molecule has 0 amide bonds. The first-order valence-electron chi connectivity index (χ1n) is 5.15. The maximum absolute atomic E-state index is 10.8. The van der Waals surface area contributed by atoms with Gasteiger partial charge >= 0.3 is 5.97 Å². The molecule has 1 N–H and O–H groups in total. The zero-order valence-corrected chi connectivity index (χ0v) is 9.98. The van der Waals surface area contributed by atoms with Crippen LogP contribution in [0.4, 0.5) is 0 Å². The van der Waals surface area contributed by atoms with E-state index in [0.29, 0.717) is 16.1 Å². The van der Waals surface area contributed by atoms with E-state index in [-0.39, 0.29) is 5.56 Å². The van der Waals surface area contributed by atoms with Gasteiger partial charge in [0.25, 0.3) is 0 Å². The molecule has 0 radical (unpaired) electrons. The van der Waals surface area contributed by atoms with Crippen LogP contribution in [0.15, 0.2) is 42.5 Å². The Labute approximate surface area is 109 Å². The van der Waals surface area contributed by atoms with E-state index in [1.54, 1.807) is 24.3 Å². The molecule has 3 nitrogen and oxygen atoms in total. The van der Waals surface area contributed by atoms with Crippen LogP contribution >= 0.6 is 11.6 Å². The van der Waals surface area contributed by atoms with Gasteiger partial charge in [0.2, 0.25) is 0 Å². The van der Waals surface area contributed by atoms with Crippen molar-refractivity contribution in [3.63, 3.8) is 0 Å². The number of carboxylic acids is 1. The maximum atomic E-state index is 10.8. The Kier molecular flexibility index (Phi) is 3.31. The number of carboxylic acid groups (broad SMARTS) is 1. The van der Waals surface area contributed by atoms with Crippen molar-refractivity contribution in [2.75, 3.05) is 0 Å². The molecule has 0 spiro atoms. The lowest BCUT2D eigenvalue weighted by Crippen LogP contribution is -1.96. The fourth-order valence-corrected chi connectivity index (χ4v) is 1.93. The Balaban J connectivity index is 2.51. The molecule has 2 aromatic carbocycles. The lowest BCUT2D eigenvalue weighted by atomic mass is 10.0. The smallest absolute Gasteiger partial charge is 0.335 e. The summed E-state index contributed by atoms with van der Waals surface area (Å²) in [4.78, 5) is 10.8. The zero-order chi connectivity index (χ0) is 13.1. The number of hydrogen-bond acceptors (Lipinski definition) is 2. The number of aromatic carboxylic acids is 1. The summed E-state index contributed by atoms with van der Waals surface area (Å²) in [6.07, 6.45) is 0. The van der Waals surface area contributed by atoms with Crippen molar-refractivity contribution in [3.05, 3.63) is 58.6 Å². The van der Waals surface area contributed by atoms with Gasteiger partial charge in [-0.1, -0.05) is 29.8 Å². The van der Waals surface area contributed by atoms with Crippen molar-refractivity contribution in [1.29, 1.82) is 5.26 Å². The molecule has 0 saturated carbocycles. The van der Waals surface area contributed by atoms with Gasteiger partial charge in [0.15, 0.2) is 0 Å². The maximum Gasteiger partial charge on any atom is 0.335 e. The minimum atomic E-state index is -1.02. The van der Waals surface area contributed by atoms with Crippen LogP contribution in [0, 0.1) is 11.3 Å². The predicted octanol–water partition coefficient (Wildman–Crippen LogP) is 3.58. The SMILES string of the molecule is N#Cc1cccc(-c2ccc(C(=O)O)cc2Cl)c1. The topological polar surface area (TPSA) is 61.1 Å². The van der Waals surface area contributed by atoms with Crippen molar-refractivity contribution < 1.29 is 9.90 Å². The average molecular weight is 258 g/mol. The third-order valence-electron chi connectivity index (χ3n) is 2.52.